The van der Waals surface area contributed by atoms with E-state index in [0.29, 0.717) is 6.54 Å². The molecule has 1 aromatic carbocycles. The van der Waals surface area contributed by atoms with Crippen LogP contribution in [0.4, 0.5) is 0 Å². The SMILES string of the molecule is CS(=O)(=O)Cc1ccc(CNC(=O)c2cnccn2)cc1. The number of rotatable bonds is 5. The second-order valence-electron chi connectivity index (χ2n) is 4.66. The monoisotopic (exact) mass is 305 g/mol. The van der Waals surface area contributed by atoms with Crippen LogP contribution in [0.2, 0.25) is 0 Å². The van der Waals surface area contributed by atoms with Crippen molar-refractivity contribution >= 4 is 15.7 Å². The van der Waals surface area contributed by atoms with Gasteiger partial charge in [-0.25, -0.2) is 13.4 Å². The zero-order chi connectivity index (χ0) is 15.3. The predicted molar refractivity (Wildman–Crippen MR) is 78.2 cm³/mol. The number of benzene rings is 1. The van der Waals surface area contributed by atoms with Gasteiger partial charge in [-0.3, -0.25) is 9.78 Å². The summed E-state index contributed by atoms with van der Waals surface area (Å²) in [5.74, 6) is -0.289. The number of nitrogens with one attached hydrogen (secondary N) is 1. The van der Waals surface area contributed by atoms with Gasteiger partial charge in [-0.15, -0.1) is 0 Å². The molecule has 0 spiro atoms. The van der Waals surface area contributed by atoms with E-state index >= 15 is 0 Å². The van der Waals surface area contributed by atoms with Crippen molar-refractivity contribution in [1.82, 2.24) is 15.3 Å². The molecule has 1 N–H and O–H groups in total. The normalized spacial score (nSPS) is 11.1. The fourth-order valence-corrected chi connectivity index (χ4v) is 2.54. The van der Waals surface area contributed by atoms with E-state index in [1.165, 1.54) is 24.8 Å². The minimum atomic E-state index is -3.04. The maximum Gasteiger partial charge on any atom is 0.271 e. The van der Waals surface area contributed by atoms with Crippen molar-refractivity contribution in [2.75, 3.05) is 6.26 Å². The van der Waals surface area contributed by atoms with Crippen LogP contribution in [-0.4, -0.2) is 30.5 Å². The molecule has 1 heterocycles. The molecule has 0 unspecified atom stereocenters. The number of sulfone groups is 1. The van der Waals surface area contributed by atoms with E-state index in [0.717, 1.165) is 11.1 Å². The Morgan fingerprint density at radius 1 is 1.14 bits per heavy atom. The van der Waals surface area contributed by atoms with Gasteiger partial charge in [-0.05, 0) is 11.1 Å². The van der Waals surface area contributed by atoms with E-state index in [-0.39, 0.29) is 17.4 Å². The summed E-state index contributed by atoms with van der Waals surface area (Å²) in [6.07, 6.45) is 5.54. The van der Waals surface area contributed by atoms with Gasteiger partial charge >= 0.3 is 0 Å². The van der Waals surface area contributed by atoms with Gasteiger partial charge in [0, 0.05) is 25.2 Å². The Balaban J connectivity index is 1.94. The van der Waals surface area contributed by atoms with Gasteiger partial charge in [0.1, 0.15) is 5.69 Å². The van der Waals surface area contributed by atoms with Crippen LogP contribution < -0.4 is 5.32 Å². The van der Waals surface area contributed by atoms with Crippen molar-refractivity contribution in [2.45, 2.75) is 12.3 Å². The van der Waals surface area contributed by atoms with Gasteiger partial charge in [-0.2, -0.15) is 0 Å². The summed E-state index contributed by atoms with van der Waals surface area (Å²) in [5.41, 5.74) is 1.86. The van der Waals surface area contributed by atoms with Crippen molar-refractivity contribution in [3.05, 3.63) is 59.7 Å². The minimum Gasteiger partial charge on any atom is -0.347 e. The third kappa shape index (κ3) is 4.96. The second kappa shape index (κ2) is 6.45. The molecule has 2 aromatic rings. The molecule has 0 radical (unpaired) electrons. The second-order valence-corrected chi connectivity index (χ2v) is 6.80. The molecule has 0 atom stereocenters. The summed E-state index contributed by atoms with van der Waals surface area (Å²) < 4.78 is 22.4. The van der Waals surface area contributed by atoms with E-state index < -0.39 is 9.84 Å². The Labute approximate surface area is 123 Å². The number of hydrogen-bond donors (Lipinski definition) is 1. The molecule has 0 saturated carbocycles. The highest BCUT2D eigenvalue weighted by Gasteiger charge is 2.07. The van der Waals surface area contributed by atoms with Gasteiger partial charge in [0.15, 0.2) is 9.84 Å². The summed E-state index contributed by atoms with van der Waals surface area (Å²) in [7, 11) is -3.04. The molecule has 6 nitrogen and oxygen atoms in total. The van der Waals surface area contributed by atoms with Crippen LogP contribution >= 0.6 is 0 Å². The lowest BCUT2D eigenvalue weighted by molar-refractivity contribution is 0.0945. The molecule has 1 aromatic heterocycles. The molecule has 110 valence electrons. The molecule has 2 rings (SSSR count). The van der Waals surface area contributed by atoms with E-state index in [1.54, 1.807) is 24.3 Å². The van der Waals surface area contributed by atoms with Crippen molar-refractivity contribution < 1.29 is 13.2 Å². The number of aromatic nitrogens is 2. The highest BCUT2D eigenvalue weighted by molar-refractivity contribution is 7.89. The molecule has 0 saturated heterocycles. The Morgan fingerprint density at radius 3 is 2.38 bits per heavy atom. The fraction of sp³-hybridized carbons (Fsp3) is 0.214. The summed E-state index contributed by atoms with van der Waals surface area (Å²) in [6, 6.07) is 7.06. The Hall–Kier alpha value is -2.28. The molecule has 21 heavy (non-hydrogen) atoms. The molecule has 0 aliphatic rings. The Kier molecular flexibility index (Phi) is 4.64. The molecule has 0 aliphatic carbocycles. The summed E-state index contributed by atoms with van der Waals surface area (Å²) >= 11 is 0. The average molecular weight is 305 g/mol. The lowest BCUT2D eigenvalue weighted by Gasteiger charge is -2.06. The molecule has 0 fully saturated rings. The smallest absolute Gasteiger partial charge is 0.271 e. The largest absolute Gasteiger partial charge is 0.347 e. The van der Waals surface area contributed by atoms with Crippen LogP contribution in [0.1, 0.15) is 21.6 Å². The maximum absolute atomic E-state index is 11.8. The van der Waals surface area contributed by atoms with Crippen LogP contribution in [0, 0.1) is 0 Å². The molecule has 7 heteroatoms. The van der Waals surface area contributed by atoms with Crippen molar-refractivity contribution in [2.24, 2.45) is 0 Å². The van der Waals surface area contributed by atoms with E-state index in [4.69, 9.17) is 0 Å². The van der Waals surface area contributed by atoms with E-state index in [2.05, 4.69) is 15.3 Å². The van der Waals surface area contributed by atoms with Gasteiger partial charge in [0.25, 0.3) is 5.91 Å². The number of nitrogens with zero attached hydrogens (tertiary/aromatic N) is 2. The van der Waals surface area contributed by atoms with Crippen molar-refractivity contribution in [1.29, 1.82) is 0 Å². The Bertz CT molecular complexity index is 713. The summed E-state index contributed by atoms with van der Waals surface area (Å²) in [6.45, 7) is 0.342. The quantitative estimate of drug-likeness (QED) is 0.888. The zero-order valence-electron chi connectivity index (χ0n) is 11.5. The third-order valence-corrected chi connectivity index (χ3v) is 3.56. The van der Waals surface area contributed by atoms with Crippen LogP contribution in [0.3, 0.4) is 0 Å². The van der Waals surface area contributed by atoms with Crippen molar-refractivity contribution in [3.8, 4) is 0 Å². The third-order valence-electron chi connectivity index (χ3n) is 2.70. The maximum atomic E-state index is 11.8. The Morgan fingerprint density at radius 2 is 1.81 bits per heavy atom. The van der Waals surface area contributed by atoms with Gasteiger partial charge < -0.3 is 5.32 Å². The van der Waals surface area contributed by atoms with E-state index in [9.17, 15) is 13.2 Å². The lowest BCUT2D eigenvalue weighted by atomic mass is 10.1. The first-order valence-corrected chi connectivity index (χ1v) is 8.30. The van der Waals surface area contributed by atoms with Crippen LogP contribution in [-0.2, 0) is 22.1 Å². The highest BCUT2D eigenvalue weighted by Crippen LogP contribution is 2.08. The number of carbonyl (C=O) groups is 1. The van der Waals surface area contributed by atoms with Crippen LogP contribution in [0.5, 0.6) is 0 Å². The van der Waals surface area contributed by atoms with E-state index in [1.807, 2.05) is 0 Å². The topological polar surface area (TPSA) is 89.0 Å². The molecular formula is C14H15N3O3S. The van der Waals surface area contributed by atoms with Gasteiger partial charge in [0.2, 0.25) is 0 Å². The molecule has 1 amide bonds. The molecular weight excluding hydrogens is 290 g/mol. The zero-order valence-corrected chi connectivity index (χ0v) is 12.3. The first-order valence-electron chi connectivity index (χ1n) is 6.24. The van der Waals surface area contributed by atoms with Crippen LogP contribution in [0.15, 0.2) is 42.9 Å². The number of carbonyl (C=O) groups excluding carboxylic acids is 1. The first-order chi connectivity index (χ1) is 9.94. The molecule has 0 aliphatic heterocycles. The first kappa shape index (κ1) is 15.1. The fourth-order valence-electron chi connectivity index (χ4n) is 1.75. The highest BCUT2D eigenvalue weighted by atomic mass is 32.2. The average Bonchev–Trinajstić information content (AvgIpc) is 2.45. The summed E-state index contributed by atoms with van der Waals surface area (Å²) in [4.78, 5) is 19.5. The van der Waals surface area contributed by atoms with Crippen LogP contribution in [0.25, 0.3) is 0 Å². The van der Waals surface area contributed by atoms with Gasteiger partial charge in [-0.1, -0.05) is 24.3 Å². The predicted octanol–water partition coefficient (Wildman–Crippen LogP) is 0.951. The minimum absolute atomic E-state index is 0.0131. The summed E-state index contributed by atoms with van der Waals surface area (Å²) in [5, 5.41) is 2.72. The van der Waals surface area contributed by atoms with Gasteiger partial charge in [0.05, 0.1) is 11.9 Å². The van der Waals surface area contributed by atoms with Crippen molar-refractivity contribution in [3.63, 3.8) is 0 Å². The number of amides is 1. The standard InChI is InChI=1S/C14H15N3O3S/c1-21(19,20)10-12-4-2-11(3-5-12)8-17-14(18)13-9-15-6-7-16-13/h2-7,9H,8,10H2,1H3,(H,17,18). The molecule has 0 bridgehead atoms. The lowest BCUT2D eigenvalue weighted by Crippen LogP contribution is -2.23. The number of hydrogen-bond acceptors (Lipinski definition) is 5.